The minimum absolute atomic E-state index is 0.0202. The minimum Gasteiger partial charge on any atom is -0.491 e. The summed E-state index contributed by atoms with van der Waals surface area (Å²) in [6, 6.07) is 19.4. The standard InChI is InChI=1S/C22H22ClN3O3/c1-15(2)29-21-10-7-19(8-11-21)25(24)22-12-9-20(26(27)28)14-17(22)13-16-3-5-18(23)6-4-16/h3-12,14-15H,13,24H2,1-2H3. The van der Waals surface area contributed by atoms with E-state index in [0.29, 0.717) is 17.1 Å². The van der Waals surface area contributed by atoms with Crippen LogP contribution < -0.4 is 15.6 Å². The molecule has 0 radical (unpaired) electrons. The lowest BCUT2D eigenvalue weighted by atomic mass is 10.0. The number of nitro groups is 1. The van der Waals surface area contributed by atoms with Crippen LogP contribution in [0.1, 0.15) is 25.0 Å². The number of nitro benzene ring substituents is 1. The lowest BCUT2D eigenvalue weighted by Gasteiger charge is -2.22. The summed E-state index contributed by atoms with van der Waals surface area (Å²) in [5.41, 5.74) is 3.17. The maximum atomic E-state index is 11.3. The maximum Gasteiger partial charge on any atom is 0.269 e. The Morgan fingerprint density at radius 3 is 2.31 bits per heavy atom. The largest absolute Gasteiger partial charge is 0.491 e. The molecular weight excluding hydrogens is 390 g/mol. The number of non-ortho nitro benzene ring substituents is 1. The first-order chi connectivity index (χ1) is 13.8. The van der Waals surface area contributed by atoms with E-state index in [9.17, 15) is 10.1 Å². The van der Waals surface area contributed by atoms with Gasteiger partial charge in [-0.3, -0.25) is 15.1 Å². The van der Waals surface area contributed by atoms with E-state index >= 15 is 0 Å². The van der Waals surface area contributed by atoms with Crippen LogP contribution >= 0.6 is 11.6 Å². The van der Waals surface area contributed by atoms with E-state index in [-0.39, 0.29) is 11.8 Å². The van der Waals surface area contributed by atoms with Crippen molar-refractivity contribution in [2.75, 3.05) is 5.01 Å². The average molecular weight is 412 g/mol. The normalized spacial score (nSPS) is 10.8. The Morgan fingerprint density at radius 2 is 1.72 bits per heavy atom. The molecule has 7 heteroatoms. The zero-order chi connectivity index (χ0) is 21.0. The zero-order valence-corrected chi connectivity index (χ0v) is 17.0. The van der Waals surface area contributed by atoms with Crippen molar-refractivity contribution in [3.05, 3.63) is 93.0 Å². The number of hydrogen-bond donors (Lipinski definition) is 1. The summed E-state index contributed by atoms with van der Waals surface area (Å²) in [6.45, 7) is 3.92. The molecule has 0 aliphatic heterocycles. The van der Waals surface area contributed by atoms with Crippen LogP contribution in [0.3, 0.4) is 0 Å². The predicted molar refractivity (Wildman–Crippen MR) is 116 cm³/mol. The van der Waals surface area contributed by atoms with Crippen molar-refractivity contribution in [2.24, 2.45) is 5.84 Å². The van der Waals surface area contributed by atoms with Crippen LogP contribution in [0.15, 0.2) is 66.7 Å². The Kier molecular flexibility index (Phi) is 6.36. The van der Waals surface area contributed by atoms with E-state index in [0.717, 1.165) is 22.6 Å². The third-order valence-corrected chi connectivity index (χ3v) is 4.58. The third-order valence-electron chi connectivity index (χ3n) is 4.33. The summed E-state index contributed by atoms with van der Waals surface area (Å²) in [4.78, 5) is 10.8. The molecule has 3 aromatic carbocycles. The molecule has 0 saturated carbocycles. The van der Waals surface area contributed by atoms with E-state index in [4.69, 9.17) is 22.2 Å². The van der Waals surface area contributed by atoms with Gasteiger partial charge in [-0.2, -0.15) is 0 Å². The SMILES string of the molecule is CC(C)Oc1ccc(N(N)c2ccc([N+](=O)[O-])cc2Cc2ccc(Cl)cc2)cc1. The first-order valence-corrected chi connectivity index (χ1v) is 9.54. The van der Waals surface area contributed by atoms with Crippen molar-refractivity contribution in [3.8, 4) is 5.75 Å². The molecular formula is C22H22ClN3O3. The van der Waals surface area contributed by atoms with Crippen molar-refractivity contribution in [1.82, 2.24) is 0 Å². The summed E-state index contributed by atoms with van der Waals surface area (Å²) < 4.78 is 5.66. The molecule has 0 amide bonds. The van der Waals surface area contributed by atoms with Gasteiger partial charge in [-0.05, 0) is 73.9 Å². The van der Waals surface area contributed by atoms with Crippen LogP contribution in [-0.4, -0.2) is 11.0 Å². The molecule has 29 heavy (non-hydrogen) atoms. The molecule has 0 saturated heterocycles. The molecule has 3 aromatic rings. The Morgan fingerprint density at radius 1 is 1.07 bits per heavy atom. The second-order valence-corrected chi connectivity index (χ2v) is 7.34. The number of halogens is 1. The molecule has 0 heterocycles. The van der Waals surface area contributed by atoms with Crippen LogP contribution in [-0.2, 0) is 6.42 Å². The molecule has 6 nitrogen and oxygen atoms in total. The molecule has 0 bridgehead atoms. The highest BCUT2D eigenvalue weighted by atomic mass is 35.5. The van der Waals surface area contributed by atoms with E-state index in [1.54, 1.807) is 24.3 Å². The van der Waals surface area contributed by atoms with E-state index in [1.807, 2.05) is 50.2 Å². The lowest BCUT2D eigenvalue weighted by molar-refractivity contribution is -0.384. The van der Waals surface area contributed by atoms with Gasteiger partial charge in [0.25, 0.3) is 5.69 Å². The molecule has 3 rings (SSSR count). The van der Waals surface area contributed by atoms with E-state index < -0.39 is 4.92 Å². The fourth-order valence-electron chi connectivity index (χ4n) is 2.98. The summed E-state index contributed by atoms with van der Waals surface area (Å²) in [5, 5.41) is 13.4. The van der Waals surface area contributed by atoms with Crippen molar-refractivity contribution in [1.29, 1.82) is 0 Å². The fourth-order valence-corrected chi connectivity index (χ4v) is 3.11. The van der Waals surface area contributed by atoms with Gasteiger partial charge in [-0.15, -0.1) is 0 Å². The summed E-state index contributed by atoms with van der Waals surface area (Å²) in [7, 11) is 0. The quantitative estimate of drug-likeness (QED) is 0.309. The molecule has 0 aliphatic carbocycles. The summed E-state index contributed by atoms with van der Waals surface area (Å²) >= 11 is 5.96. The fraction of sp³-hybridized carbons (Fsp3) is 0.182. The van der Waals surface area contributed by atoms with Gasteiger partial charge in [-0.25, -0.2) is 5.84 Å². The molecule has 0 atom stereocenters. The number of rotatable bonds is 7. The van der Waals surface area contributed by atoms with Crippen LogP contribution in [0.25, 0.3) is 0 Å². The molecule has 0 aromatic heterocycles. The van der Waals surface area contributed by atoms with Crippen LogP contribution in [0.5, 0.6) is 5.75 Å². The summed E-state index contributed by atoms with van der Waals surface area (Å²) in [6.07, 6.45) is 0.562. The van der Waals surface area contributed by atoms with Gasteiger partial charge < -0.3 is 4.74 Å². The van der Waals surface area contributed by atoms with Gasteiger partial charge in [0, 0.05) is 17.2 Å². The highest BCUT2D eigenvalue weighted by Crippen LogP contribution is 2.31. The highest BCUT2D eigenvalue weighted by Gasteiger charge is 2.16. The van der Waals surface area contributed by atoms with Gasteiger partial charge in [0.2, 0.25) is 0 Å². The minimum atomic E-state index is -0.409. The molecule has 0 aliphatic rings. The van der Waals surface area contributed by atoms with Crippen LogP contribution in [0, 0.1) is 10.1 Å². The van der Waals surface area contributed by atoms with Gasteiger partial charge in [-0.1, -0.05) is 23.7 Å². The van der Waals surface area contributed by atoms with Crippen LogP contribution in [0.2, 0.25) is 5.02 Å². The number of benzene rings is 3. The average Bonchev–Trinajstić information content (AvgIpc) is 2.69. The van der Waals surface area contributed by atoms with Gasteiger partial charge >= 0.3 is 0 Å². The number of ether oxygens (including phenoxy) is 1. The first-order valence-electron chi connectivity index (χ1n) is 9.17. The smallest absolute Gasteiger partial charge is 0.269 e. The predicted octanol–water partition coefficient (Wildman–Crippen LogP) is 5.64. The second kappa shape index (κ2) is 8.94. The number of anilines is 2. The highest BCUT2D eigenvalue weighted by molar-refractivity contribution is 6.30. The first kappa shape index (κ1) is 20.6. The third kappa shape index (κ3) is 5.25. The summed E-state index contributed by atoms with van der Waals surface area (Å²) in [5.74, 6) is 7.13. The Bertz CT molecular complexity index is 989. The Hall–Kier alpha value is -3.09. The number of nitrogens with zero attached hydrogens (tertiary/aromatic N) is 2. The maximum absolute atomic E-state index is 11.3. The number of nitrogens with two attached hydrogens (primary N) is 1. The molecule has 150 valence electrons. The molecule has 0 spiro atoms. The van der Waals surface area contributed by atoms with Crippen molar-refractivity contribution in [2.45, 2.75) is 26.4 Å². The number of hydrogen-bond acceptors (Lipinski definition) is 5. The molecule has 0 fully saturated rings. The lowest BCUT2D eigenvalue weighted by Crippen LogP contribution is -2.26. The topological polar surface area (TPSA) is 81.6 Å². The zero-order valence-electron chi connectivity index (χ0n) is 16.2. The second-order valence-electron chi connectivity index (χ2n) is 6.90. The van der Waals surface area contributed by atoms with Crippen molar-refractivity contribution in [3.63, 3.8) is 0 Å². The van der Waals surface area contributed by atoms with Crippen LogP contribution in [0.4, 0.5) is 17.1 Å². The van der Waals surface area contributed by atoms with Gasteiger partial charge in [0.1, 0.15) is 5.75 Å². The van der Waals surface area contributed by atoms with Gasteiger partial charge in [0.05, 0.1) is 22.4 Å². The molecule has 2 N–H and O–H groups in total. The Labute approximate surface area is 174 Å². The Balaban J connectivity index is 1.94. The van der Waals surface area contributed by atoms with E-state index in [1.165, 1.54) is 11.1 Å². The molecule has 0 unspecified atom stereocenters. The van der Waals surface area contributed by atoms with Crippen molar-refractivity contribution >= 4 is 28.7 Å². The monoisotopic (exact) mass is 411 g/mol. The number of hydrazine groups is 1. The van der Waals surface area contributed by atoms with Crippen molar-refractivity contribution < 1.29 is 9.66 Å². The van der Waals surface area contributed by atoms with E-state index in [2.05, 4.69) is 0 Å². The van der Waals surface area contributed by atoms with Gasteiger partial charge in [0.15, 0.2) is 0 Å².